The fraction of sp³-hybridized carbons (Fsp3) is 0. The second-order valence-electron chi connectivity index (χ2n) is 7.72. The average Bonchev–Trinajstić information content (AvgIpc) is 3.48. The van der Waals surface area contributed by atoms with Crippen molar-refractivity contribution in [1.82, 2.24) is 9.97 Å². The molecular weight excluding hydrogens is 518 g/mol. The van der Waals surface area contributed by atoms with E-state index in [1.54, 1.807) is 72.0 Å². The zero-order valence-corrected chi connectivity index (χ0v) is 21.2. The first-order chi connectivity index (χ1) is 17.0. The minimum Gasteiger partial charge on any atom is -0.236 e. The van der Waals surface area contributed by atoms with Crippen molar-refractivity contribution in [3.8, 4) is 10.6 Å². The molecule has 9 heteroatoms. The number of sulfonamides is 1. The van der Waals surface area contributed by atoms with Gasteiger partial charge in [-0.05, 0) is 54.6 Å². The van der Waals surface area contributed by atoms with E-state index >= 15 is 0 Å². The van der Waals surface area contributed by atoms with Crippen LogP contribution in [0.1, 0.15) is 0 Å². The summed E-state index contributed by atoms with van der Waals surface area (Å²) in [4.78, 5) is 9.45. The Morgan fingerprint density at radius 2 is 1.43 bits per heavy atom. The van der Waals surface area contributed by atoms with Gasteiger partial charge in [-0.25, -0.2) is 22.7 Å². The van der Waals surface area contributed by atoms with E-state index in [2.05, 4.69) is 9.97 Å². The summed E-state index contributed by atoms with van der Waals surface area (Å²) in [6, 6.07) is 29.1. The zero-order chi connectivity index (χ0) is 24.0. The number of anilines is 2. The van der Waals surface area contributed by atoms with Gasteiger partial charge in [-0.1, -0.05) is 65.4 Å². The van der Waals surface area contributed by atoms with E-state index in [0.29, 0.717) is 21.4 Å². The van der Waals surface area contributed by atoms with E-state index in [9.17, 15) is 8.42 Å². The van der Waals surface area contributed by atoms with Gasteiger partial charge in [-0.15, -0.1) is 11.3 Å². The predicted molar refractivity (Wildman–Crippen MR) is 145 cm³/mol. The number of hydrogen-bond acceptors (Lipinski definition) is 6. The fourth-order valence-electron chi connectivity index (χ4n) is 3.76. The molecule has 0 fully saturated rings. The van der Waals surface area contributed by atoms with Gasteiger partial charge >= 0.3 is 0 Å². The van der Waals surface area contributed by atoms with E-state index in [1.165, 1.54) is 15.6 Å². The summed E-state index contributed by atoms with van der Waals surface area (Å²) in [5, 5.41) is 1.75. The van der Waals surface area contributed by atoms with Crippen LogP contribution in [-0.4, -0.2) is 18.4 Å². The number of para-hydroxylation sites is 2. The van der Waals surface area contributed by atoms with Crippen LogP contribution >= 0.6 is 34.3 Å². The van der Waals surface area contributed by atoms with Crippen LogP contribution in [0.4, 0.5) is 10.8 Å². The Morgan fingerprint density at radius 3 is 2.20 bits per heavy atom. The van der Waals surface area contributed by atoms with Gasteiger partial charge in [0.25, 0.3) is 10.0 Å². The molecule has 0 radical (unpaired) electrons. The molecule has 0 N–H and O–H groups in total. The Bertz CT molecular complexity index is 1750. The fourth-order valence-corrected chi connectivity index (χ4v) is 7.52. The van der Waals surface area contributed by atoms with Crippen molar-refractivity contribution in [2.24, 2.45) is 0 Å². The first-order valence-electron chi connectivity index (χ1n) is 10.6. The van der Waals surface area contributed by atoms with Crippen LogP contribution in [0.5, 0.6) is 0 Å². The molecule has 6 aromatic rings. The van der Waals surface area contributed by atoms with Crippen LogP contribution in [0.25, 0.3) is 31.0 Å². The third-order valence-electron chi connectivity index (χ3n) is 5.44. The number of benzene rings is 4. The second-order valence-corrected chi connectivity index (χ2v) is 12.0. The van der Waals surface area contributed by atoms with E-state index in [4.69, 9.17) is 11.6 Å². The molecule has 0 aliphatic carbocycles. The van der Waals surface area contributed by atoms with Gasteiger partial charge < -0.3 is 0 Å². The lowest BCUT2D eigenvalue weighted by Crippen LogP contribution is -2.26. The highest BCUT2D eigenvalue weighted by molar-refractivity contribution is 7.93. The van der Waals surface area contributed by atoms with E-state index < -0.39 is 10.0 Å². The standard InChI is InChI=1S/C26H16ClN3O2S3/c27-18-12-15-24-22(16-18)29-26(34-24)30(19-6-2-1-3-7-19)35(31,32)20-13-10-17(11-14-20)25-28-21-8-4-5-9-23(21)33-25/h1-16H. The normalized spacial score (nSPS) is 11.8. The van der Waals surface area contributed by atoms with Crippen LogP contribution in [0.2, 0.25) is 5.02 Å². The molecule has 0 bridgehead atoms. The third-order valence-corrected chi connectivity index (χ3v) is 9.63. The van der Waals surface area contributed by atoms with Gasteiger partial charge in [0.15, 0.2) is 0 Å². The van der Waals surface area contributed by atoms with Crippen molar-refractivity contribution in [2.75, 3.05) is 4.31 Å². The lowest BCUT2D eigenvalue weighted by atomic mass is 10.2. The molecule has 0 unspecified atom stereocenters. The summed E-state index contributed by atoms with van der Waals surface area (Å²) in [6.07, 6.45) is 0. The van der Waals surface area contributed by atoms with E-state index in [1.807, 2.05) is 36.4 Å². The number of rotatable bonds is 5. The Hall–Kier alpha value is -3.30. The lowest BCUT2D eigenvalue weighted by Gasteiger charge is -2.21. The highest BCUT2D eigenvalue weighted by atomic mass is 35.5. The minimum atomic E-state index is -3.96. The molecule has 172 valence electrons. The summed E-state index contributed by atoms with van der Waals surface area (Å²) >= 11 is 9.01. The molecule has 35 heavy (non-hydrogen) atoms. The zero-order valence-electron chi connectivity index (χ0n) is 18.0. The lowest BCUT2D eigenvalue weighted by molar-refractivity contribution is 0.596. The molecule has 2 aromatic heterocycles. The molecular formula is C26H16ClN3O2S3. The van der Waals surface area contributed by atoms with Gasteiger partial charge in [0.05, 0.1) is 31.0 Å². The van der Waals surface area contributed by atoms with Crippen molar-refractivity contribution in [3.63, 3.8) is 0 Å². The number of hydrogen-bond donors (Lipinski definition) is 0. The number of aromatic nitrogens is 2. The molecule has 2 heterocycles. The summed E-state index contributed by atoms with van der Waals surface area (Å²) in [5.41, 5.74) is 2.95. The molecule has 0 spiro atoms. The van der Waals surface area contributed by atoms with Crippen LogP contribution in [-0.2, 0) is 10.0 Å². The van der Waals surface area contributed by atoms with E-state index in [-0.39, 0.29) is 4.90 Å². The van der Waals surface area contributed by atoms with Gasteiger partial charge in [0.1, 0.15) is 5.01 Å². The molecule has 0 saturated heterocycles. The van der Waals surface area contributed by atoms with Gasteiger partial charge in [-0.2, -0.15) is 0 Å². The van der Waals surface area contributed by atoms with Crippen molar-refractivity contribution >= 4 is 75.5 Å². The van der Waals surface area contributed by atoms with E-state index in [0.717, 1.165) is 25.5 Å². The third kappa shape index (κ3) is 4.08. The SMILES string of the molecule is O=S(=O)(c1ccc(-c2nc3ccccc3s2)cc1)N(c1ccccc1)c1nc2cc(Cl)ccc2s1. The quantitative estimate of drug-likeness (QED) is 0.227. The summed E-state index contributed by atoms with van der Waals surface area (Å²) < 4.78 is 31.1. The molecule has 0 atom stereocenters. The summed E-state index contributed by atoms with van der Waals surface area (Å²) in [7, 11) is -3.96. The van der Waals surface area contributed by atoms with Crippen LogP contribution in [0, 0.1) is 0 Å². The van der Waals surface area contributed by atoms with Crippen LogP contribution in [0.3, 0.4) is 0 Å². The Kier molecular flexibility index (Phi) is 5.53. The van der Waals surface area contributed by atoms with Crippen molar-refractivity contribution in [2.45, 2.75) is 4.90 Å². The largest absolute Gasteiger partial charge is 0.270 e. The maximum absolute atomic E-state index is 13.9. The number of nitrogens with zero attached hydrogens (tertiary/aromatic N) is 3. The minimum absolute atomic E-state index is 0.170. The number of thiazole rings is 2. The van der Waals surface area contributed by atoms with Gasteiger partial charge in [0, 0.05) is 10.6 Å². The number of fused-ring (bicyclic) bond motifs is 2. The summed E-state index contributed by atoms with van der Waals surface area (Å²) in [5.74, 6) is 0. The highest BCUT2D eigenvalue weighted by Gasteiger charge is 2.29. The van der Waals surface area contributed by atoms with Gasteiger partial charge in [-0.3, -0.25) is 0 Å². The molecule has 0 aliphatic heterocycles. The monoisotopic (exact) mass is 533 g/mol. The highest BCUT2D eigenvalue weighted by Crippen LogP contribution is 2.39. The molecule has 5 nitrogen and oxygen atoms in total. The maximum Gasteiger partial charge on any atom is 0.270 e. The maximum atomic E-state index is 13.9. The Labute approximate surface area is 215 Å². The molecule has 0 amide bonds. The predicted octanol–water partition coefficient (Wildman–Crippen LogP) is 7.75. The smallest absolute Gasteiger partial charge is 0.236 e. The van der Waals surface area contributed by atoms with Crippen molar-refractivity contribution in [3.05, 3.63) is 102 Å². The first-order valence-corrected chi connectivity index (χ1v) is 14.1. The molecule has 0 saturated carbocycles. The Balaban J connectivity index is 1.43. The average molecular weight is 534 g/mol. The summed E-state index contributed by atoms with van der Waals surface area (Å²) in [6.45, 7) is 0. The second kappa shape index (κ2) is 8.73. The van der Waals surface area contributed by atoms with Crippen molar-refractivity contribution < 1.29 is 8.42 Å². The molecule has 0 aliphatic rings. The molecule has 4 aromatic carbocycles. The van der Waals surface area contributed by atoms with Crippen molar-refractivity contribution in [1.29, 1.82) is 0 Å². The van der Waals surface area contributed by atoms with Gasteiger partial charge in [0.2, 0.25) is 5.13 Å². The Morgan fingerprint density at radius 1 is 0.714 bits per heavy atom. The number of halogens is 1. The molecule has 6 rings (SSSR count). The first kappa shape index (κ1) is 22.2. The topological polar surface area (TPSA) is 63.2 Å². The van der Waals surface area contributed by atoms with Crippen LogP contribution < -0.4 is 4.31 Å². The van der Waals surface area contributed by atoms with Crippen LogP contribution in [0.15, 0.2) is 102 Å².